The summed E-state index contributed by atoms with van der Waals surface area (Å²) in [5.74, 6) is -0.825. The lowest BCUT2D eigenvalue weighted by molar-refractivity contribution is -0.142. The first-order valence-electron chi connectivity index (χ1n) is 18.0. The Morgan fingerprint density at radius 3 is 2.04 bits per heavy atom. The van der Waals surface area contributed by atoms with Crippen LogP contribution >= 0.6 is 0 Å². The van der Waals surface area contributed by atoms with Gasteiger partial charge in [0.25, 0.3) is 0 Å². The van der Waals surface area contributed by atoms with E-state index in [1.54, 1.807) is 20.8 Å². The van der Waals surface area contributed by atoms with E-state index < -0.39 is 47.2 Å². The van der Waals surface area contributed by atoms with E-state index in [9.17, 15) is 19.2 Å². The molecule has 1 saturated heterocycles. The van der Waals surface area contributed by atoms with Gasteiger partial charge in [-0.25, -0.2) is 9.59 Å². The monoisotopic (exact) mass is 694 g/mol. The largest absolute Gasteiger partial charge is 0.449 e. The van der Waals surface area contributed by atoms with E-state index in [1.165, 1.54) is 10.5 Å². The summed E-state index contributed by atoms with van der Waals surface area (Å²) in [4.78, 5) is 56.3. The summed E-state index contributed by atoms with van der Waals surface area (Å²) in [6.45, 7) is 11.0. The number of nitrogens with one attached hydrogen (secondary N) is 3. The normalized spacial score (nSPS) is 20.4. The van der Waals surface area contributed by atoms with E-state index in [2.05, 4.69) is 46.3 Å². The minimum atomic E-state index is -0.994. The van der Waals surface area contributed by atoms with Gasteiger partial charge in [-0.3, -0.25) is 9.59 Å². The molecule has 1 heterocycles. The average molecular weight is 695 g/mol. The summed E-state index contributed by atoms with van der Waals surface area (Å²) in [5, 5.41) is 8.93. The molecule has 4 amide bonds. The van der Waals surface area contributed by atoms with Gasteiger partial charge in [0.1, 0.15) is 24.3 Å². The number of rotatable bonds is 7. The Bertz CT molecular complexity index is 1750. The third kappa shape index (κ3) is 8.05. The van der Waals surface area contributed by atoms with Crippen molar-refractivity contribution >= 4 is 24.0 Å². The zero-order chi connectivity index (χ0) is 36.5. The van der Waals surface area contributed by atoms with Gasteiger partial charge in [-0.2, -0.15) is 0 Å². The fourth-order valence-corrected chi connectivity index (χ4v) is 7.65. The maximum atomic E-state index is 14.4. The van der Waals surface area contributed by atoms with Crippen LogP contribution in [0.2, 0.25) is 0 Å². The summed E-state index contributed by atoms with van der Waals surface area (Å²) in [7, 11) is 0. The van der Waals surface area contributed by atoms with E-state index in [-0.39, 0.29) is 37.4 Å². The number of amides is 4. The van der Waals surface area contributed by atoms with Crippen molar-refractivity contribution in [3.63, 3.8) is 0 Å². The van der Waals surface area contributed by atoms with Crippen LogP contribution in [0, 0.1) is 5.41 Å². The molecular weight excluding hydrogens is 644 g/mol. The fraction of sp³-hybridized carbons (Fsp3) is 0.463. The van der Waals surface area contributed by atoms with E-state index in [4.69, 9.17) is 9.47 Å². The Balaban J connectivity index is 1.19. The summed E-state index contributed by atoms with van der Waals surface area (Å²) >= 11 is 0. The average Bonchev–Trinajstić information content (AvgIpc) is 3.64. The second-order valence-electron chi connectivity index (χ2n) is 16.0. The molecule has 3 N–H and O–H groups in total. The number of carbonyl (C=O) groups excluding carboxylic acids is 4. The van der Waals surface area contributed by atoms with Crippen LogP contribution in [0.4, 0.5) is 9.59 Å². The topological polar surface area (TPSA) is 126 Å². The molecule has 0 radical (unpaired) electrons. The number of hydrogen-bond acceptors (Lipinski definition) is 6. The lowest BCUT2D eigenvalue weighted by Crippen LogP contribution is -2.58. The molecular formula is C41H50N4O6. The lowest BCUT2D eigenvalue weighted by atomic mass is 9.85. The first kappa shape index (κ1) is 35.9. The first-order valence-corrected chi connectivity index (χ1v) is 18.0. The number of carbonyl (C=O) groups is 4. The summed E-state index contributed by atoms with van der Waals surface area (Å²) in [6.07, 6.45) is 1.54. The minimum Gasteiger partial charge on any atom is -0.449 e. The third-order valence-electron chi connectivity index (χ3n) is 10.0. The second-order valence-corrected chi connectivity index (χ2v) is 16.0. The Morgan fingerprint density at radius 2 is 1.41 bits per heavy atom. The molecule has 6 rings (SSSR count). The number of ether oxygens (including phenoxy) is 2. The number of fused-ring (bicyclic) bond motifs is 4. The Morgan fingerprint density at radius 1 is 0.804 bits per heavy atom. The van der Waals surface area contributed by atoms with Gasteiger partial charge >= 0.3 is 12.2 Å². The second kappa shape index (κ2) is 14.4. The summed E-state index contributed by atoms with van der Waals surface area (Å²) < 4.78 is 11.3. The predicted molar refractivity (Wildman–Crippen MR) is 195 cm³/mol. The standard InChI is InChI=1S/C41H50N4O6/c1-40(2,3)35(44-39(49)51-41(4,5)6)37(47)45-23-26(22-34(45)36(46)43-33-21-13-15-25-14-7-8-16-27(25)33)42-38(48)50-24-32-30-19-11-9-17-28(30)29-18-10-12-20-31(29)32/h7-12,14,16-20,26,32-35H,13,15,21-24H2,1-6H3,(H,42,48)(H,43,46)(H,44,49)/t26?,33?,34-,35?/m0/s1. The Hall–Kier alpha value is -4.86. The van der Waals surface area contributed by atoms with Crippen molar-refractivity contribution in [2.45, 2.75) is 103 Å². The van der Waals surface area contributed by atoms with Gasteiger partial charge in [0, 0.05) is 12.5 Å². The van der Waals surface area contributed by atoms with Crippen molar-refractivity contribution in [2.75, 3.05) is 13.2 Å². The van der Waals surface area contributed by atoms with E-state index >= 15 is 0 Å². The molecule has 3 aromatic carbocycles. The maximum absolute atomic E-state index is 14.4. The van der Waals surface area contributed by atoms with Gasteiger partial charge < -0.3 is 30.3 Å². The van der Waals surface area contributed by atoms with Crippen molar-refractivity contribution in [1.29, 1.82) is 0 Å². The van der Waals surface area contributed by atoms with Crippen LogP contribution in [0.1, 0.15) is 95.0 Å². The van der Waals surface area contributed by atoms with Crippen LogP contribution in [0.5, 0.6) is 0 Å². The molecule has 3 aromatic rings. The van der Waals surface area contributed by atoms with Gasteiger partial charge in [-0.15, -0.1) is 0 Å². The molecule has 10 nitrogen and oxygen atoms in total. The molecule has 3 unspecified atom stereocenters. The fourth-order valence-electron chi connectivity index (χ4n) is 7.65. The molecule has 51 heavy (non-hydrogen) atoms. The molecule has 0 aromatic heterocycles. The van der Waals surface area contributed by atoms with Crippen LogP contribution in [-0.4, -0.2) is 65.8 Å². The maximum Gasteiger partial charge on any atom is 0.408 e. The molecule has 270 valence electrons. The van der Waals surface area contributed by atoms with Crippen LogP contribution in [-0.2, 0) is 25.5 Å². The zero-order valence-electron chi connectivity index (χ0n) is 30.5. The van der Waals surface area contributed by atoms with Crippen LogP contribution in [0.15, 0.2) is 72.8 Å². The molecule has 10 heteroatoms. The molecule has 1 fully saturated rings. The van der Waals surface area contributed by atoms with Gasteiger partial charge in [0.15, 0.2) is 0 Å². The highest BCUT2D eigenvalue weighted by Crippen LogP contribution is 2.44. The number of nitrogens with zero attached hydrogens (tertiary/aromatic N) is 1. The molecule has 4 atom stereocenters. The van der Waals surface area contributed by atoms with Crippen molar-refractivity contribution in [1.82, 2.24) is 20.9 Å². The van der Waals surface area contributed by atoms with Gasteiger partial charge in [-0.1, -0.05) is 93.6 Å². The highest BCUT2D eigenvalue weighted by Gasteiger charge is 2.46. The third-order valence-corrected chi connectivity index (χ3v) is 10.0. The highest BCUT2D eigenvalue weighted by atomic mass is 16.6. The first-order chi connectivity index (χ1) is 24.2. The van der Waals surface area contributed by atoms with E-state index in [0.29, 0.717) is 0 Å². The Kier molecular flexibility index (Phi) is 10.2. The molecule has 0 spiro atoms. The quantitative estimate of drug-likeness (QED) is 0.255. The van der Waals surface area contributed by atoms with E-state index in [0.717, 1.165) is 47.1 Å². The van der Waals surface area contributed by atoms with Gasteiger partial charge in [0.2, 0.25) is 11.8 Å². The molecule has 0 saturated carbocycles. The summed E-state index contributed by atoms with van der Waals surface area (Å²) in [5.41, 5.74) is 5.30. The van der Waals surface area contributed by atoms with Crippen molar-refractivity contribution in [3.05, 3.63) is 95.1 Å². The number of hydrogen-bond donors (Lipinski definition) is 3. The van der Waals surface area contributed by atoms with Gasteiger partial charge in [-0.05, 0) is 85.3 Å². The number of likely N-dealkylation sites (tertiary alicyclic amines) is 1. The van der Waals surface area contributed by atoms with Crippen LogP contribution < -0.4 is 16.0 Å². The SMILES string of the molecule is CC(C)(C)OC(=O)NC(C(=O)N1CC(NC(=O)OCC2c3ccccc3-c3ccccc32)C[C@H]1C(=O)NC1CCCc2ccccc21)C(C)(C)C. The highest BCUT2D eigenvalue weighted by molar-refractivity contribution is 5.93. The van der Waals surface area contributed by atoms with E-state index in [1.807, 2.05) is 63.2 Å². The zero-order valence-corrected chi connectivity index (χ0v) is 30.5. The van der Waals surface area contributed by atoms with Crippen LogP contribution in [0.3, 0.4) is 0 Å². The van der Waals surface area contributed by atoms with Crippen molar-refractivity contribution < 1.29 is 28.7 Å². The smallest absolute Gasteiger partial charge is 0.408 e. The number of alkyl carbamates (subject to hydrolysis) is 2. The molecule has 3 aliphatic rings. The number of aryl methyl sites for hydroxylation is 1. The van der Waals surface area contributed by atoms with Gasteiger partial charge in [0.05, 0.1) is 12.1 Å². The Labute approximate surface area is 300 Å². The number of benzene rings is 3. The summed E-state index contributed by atoms with van der Waals surface area (Å²) in [6, 6.07) is 21.8. The molecule has 1 aliphatic heterocycles. The minimum absolute atomic E-state index is 0.0744. The lowest BCUT2D eigenvalue weighted by Gasteiger charge is -2.36. The van der Waals surface area contributed by atoms with Crippen molar-refractivity contribution in [3.8, 4) is 11.1 Å². The molecule has 2 aliphatic carbocycles. The molecule has 0 bridgehead atoms. The predicted octanol–water partition coefficient (Wildman–Crippen LogP) is 6.63. The van der Waals surface area contributed by atoms with Crippen LogP contribution in [0.25, 0.3) is 11.1 Å². The van der Waals surface area contributed by atoms with Crippen molar-refractivity contribution in [2.24, 2.45) is 5.41 Å².